The quantitative estimate of drug-likeness (QED) is 0.452. The van der Waals surface area contributed by atoms with Crippen LogP contribution >= 0.6 is 0 Å². The summed E-state index contributed by atoms with van der Waals surface area (Å²) in [5.41, 5.74) is 2.76. The Morgan fingerprint density at radius 1 is 1.00 bits per heavy atom. The Bertz CT molecular complexity index is 1110. The number of amides is 1. The fraction of sp³-hybridized carbons (Fsp3) is 0.208. The van der Waals surface area contributed by atoms with E-state index in [1.807, 2.05) is 84.4 Å². The highest BCUT2D eigenvalue weighted by Crippen LogP contribution is 2.18. The molecule has 0 saturated heterocycles. The van der Waals surface area contributed by atoms with E-state index in [0.29, 0.717) is 13.2 Å². The number of carbonyl (C=O) groups is 1. The molecule has 0 aliphatic rings. The molecule has 0 saturated carbocycles. The maximum Gasteiger partial charge on any atom is 0.242 e. The number of para-hydroxylation sites is 3. The summed E-state index contributed by atoms with van der Waals surface area (Å²) < 4.78 is 7.84. The number of ether oxygens (including phenoxy) is 1. The highest BCUT2D eigenvalue weighted by Gasteiger charge is 2.16. The van der Waals surface area contributed by atoms with Crippen LogP contribution in [0.4, 0.5) is 0 Å². The van der Waals surface area contributed by atoms with Crippen LogP contribution in [0.1, 0.15) is 11.5 Å². The fourth-order valence-corrected chi connectivity index (χ4v) is 3.29. The van der Waals surface area contributed by atoms with Crippen molar-refractivity contribution in [1.82, 2.24) is 19.4 Å². The first-order valence-corrected chi connectivity index (χ1v) is 9.96. The van der Waals surface area contributed by atoms with Crippen molar-refractivity contribution in [3.05, 3.63) is 90.5 Å². The maximum absolute atomic E-state index is 12.9. The molecule has 0 atom stereocenters. The van der Waals surface area contributed by atoms with Gasteiger partial charge in [0.25, 0.3) is 0 Å². The molecule has 2 heterocycles. The Morgan fingerprint density at radius 2 is 1.77 bits per heavy atom. The van der Waals surface area contributed by atoms with Crippen molar-refractivity contribution in [2.24, 2.45) is 0 Å². The van der Waals surface area contributed by atoms with E-state index < -0.39 is 0 Å². The molecule has 152 valence electrons. The van der Waals surface area contributed by atoms with Gasteiger partial charge in [0.05, 0.1) is 11.0 Å². The molecule has 6 nitrogen and oxygen atoms in total. The highest BCUT2D eigenvalue weighted by atomic mass is 16.5. The van der Waals surface area contributed by atoms with Crippen LogP contribution in [0, 0.1) is 0 Å². The predicted octanol–water partition coefficient (Wildman–Crippen LogP) is 3.71. The lowest BCUT2D eigenvalue weighted by molar-refractivity contribution is -0.130. The monoisotopic (exact) mass is 400 g/mol. The number of hydrogen-bond acceptors (Lipinski definition) is 4. The zero-order valence-electron chi connectivity index (χ0n) is 16.9. The second-order valence-electron chi connectivity index (χ2n) is 7.09. The first-order chi connectivity index (χ1) is 14.7. The molecule has 2 aromatic carbocycles. The standard InChI is InChI=1S/C24H24N4O2/c1-27(16-14-19-9-7-8-15-25-19)24(29)17-28-22-13-6-5-12-21(22)26-23(28)18-30-20-10-3-2-4-11-20/h2-13,15H,14,16-18H2,1H3. The number of aromatic nitrogens is 3. The summed E-state index contributed by atoms with van der Waals surface area (Å²) in [5, 5.41) is 0. The molecule has 0 bridgehead atoms. The van der Waals surface area contributed by atoms with Gasteiger partial charge in [-0.25, -0.2) is 4.98 Å². The number of nitrogens with zero attached hydrogens (tertiary/aromatic N) is 4. The summed E-state index contributed by atoms with van der Waals surface area (Å²) >= 11 is 0. The average Bonchev–Trinajstić information content (AvgIpc) is 3.14. The number of carbonyl (C=O) groups excluding carboxylic acids is 1. The van der Waals surface area contributed by atoms with Crippen molar-refractivity contribution in [2.45, 2.75) is 19.6 Å². The normalized spacial score (nSPS) is 10.8. The topological polar surface area (TPSA) is 60.2 Å². The number of fused-ring (bicyclic) bond motifs is 1. The van der Waals surface area contributed by atoms with Gasteiger partial charge in [-0.05, 0) is 36.4 Å². The molecule has 0 N–H and O–H groups in total. The highest BCUT2D eigenvalue weighted by molar-refractivity contribution is 5.81. The zero-order valence-corrected chi connectivity index (χ0v) is 16.9. The Hall–Kier alpha value is -3.67. The van der Waals surface area contributed by atoms with Gasteiger partial charge in [0, 0.05) is 31.9 Å². The molecular formula is C24H24N4O2. The van der Waals surface area contributed by atoms with Crippen molar-refractivity contribution in [3.8, 4) is 5.75 Å². The van der Waals surface area contributed by atoms with Crippen molar-refractivity contribution in [1.29, 1.82) is 0 Å². The maximum atomic E-state index is 12.9. The van der Waals surface area contributed by atoms with Crippen molar-refractivity contribution < 1.29 is 9.53 Å². The third-order valence-corrected chi connectivity index (χ3v) is 4.99. The summed E-state index contributed by atoms with van der Waals surface area (Å²) in [6.45, 7) is 1.12. The number of imidazole rings is 1. The van der Waals surface area contributed by atoms with E-state index in [2.05, 4.69) is 4.98 Å². The van der Waals surface area contributed by atoms with Crippen LogP contribution in [-0.4, -0.2) is 38.9 Å². The van der Waals surface area contributed by atoms with Gasteiger partial charge in [0.1, 0.15) is 24.7 Å². The Balaban J connectivity index is 1.48. The molecule has 0 radical (unpaired) electrons. The molecule has 0 aliphatic heterocycles. The van der Waals surface area contributed by atoms with Gasteiger partial charge in [-0.3, -0.25) is 9.78 Å². The SMILES string of the molecule is CN(CCc1ccccn1)C(=O)Cn1c(COc2ccccc2)nc2ccccc21. The first-order valence-electron chi connectivity index (χ1n) is 9.96. The molecule has 1 amide bonds. The van der Waals surface area contributed by atoms with Gasteiger partial charge < -0.3 is 14.2 Å². The van der Waals surface area contributed by atoms with E-state index in [4.69, 9.17) is 9.72 Å². The van der Waals surface area contributed by atoms with E-state index in [0.717, 1.165) is 34.7 Å². The van der Waals surface area contributed by atoms with Gasteiger partial charge in [-0.2, -0.15) is 0 Å². The van der Waals surface area contributed by atoms with Crippen molar-refractivity contribution >= 4 is 16.9 Å². The number of likely N-dealkylation sites (N-methyl/N-ethyl adjacent to an activating group) is 1. The lowest BCUT2D eigenvalue weighted by atomic mass is 10.2. The smallest absolute Gasteiger partial charge is 0.242 e. The average molecular weight is 400 g/mol. The van der Waals surface area contributed by atoms with E-state index in [-0.39, 0.29) is 12.5 Å². The predicted molar refractivity (Wildman–Crippen MR) is 116 cm³/mol. The number of pyridine rings is 1. The molecule has 0 fully saturated rings. The summed E-state index contributed by atoms with van der Waals surface area (Å²) in [6.07, 6.45) is 2.49. The molecule has 4 aromatic rings. The number of benzene rings is 2. The van der Waals surface area contributed by atoms with Gasteiger partial charge in [-0.1, -0.05) is 36.4 Å². The van der Waals surface area contributed by atoms with Crippen LogP contribution in [0.5, 0.6) is 5.75 Å². The van der Waals surface area contributed by atoms with Crippen LogP contribution in [0.25, 0.3) is 11.0 Å². The third-order valence-electron chi connectivity index (χ3n) is 4.99. The Labute approximate surface area is 175 Å². The summed E-state index contributed by atoms with van der Waals surface area (Å²) in [6, 6.07) is 23.3. The van der Waals surface area contributed by atoms with Gasteiger partial charge >= 0.3 is 0 Å². The van der Waals surface area contributed by atoms with Crippen LogP contribution in [0.2, 0.25) is 0 Å². The second-order valence-corrected chi connectivity index (χ2v) is 7.09. The van der Waals surface area contributed by atoms with Crippen LogP contribution in [0.15, 0.2) is 79.0 Å². The van der Waals surface area contributed by atoms with Gasteiger partial charge in [-0.15, -0.1) is 0 Å². The molecule has 30 heavy (non-hydrogen) atoms. The second kappa shape index (κ2) is 9.22. The molecule has 0 unspecified atom stereocenters. The minimum atomic E-state index is 0.0232. The zero-order chi connectivity index (χ0) is 20.8. The first kappa shape index (κ1) is 19.6. The molecule has 2 aromatic heterocycles. The van der Waals surface area contributed by atoms with E-state index >= 15 is 0 Å². The Morgan fingerprint density at radius 3 is 2.57 bits per heavy atom. The lowest BCUT2D eigenvalue weighted by Crippen LogP contribution is -2.32. The van der Waals surface area contributed by atoms with E-state index in [1.54, 1.807) is 11.1 Å². The summed E-state index contributed by atoms with van der Waals surface area (Å²) in [5.74, 6) is 1.52. The van der Waals surface area contributed by atoms with E-state index in [9.17, 15) is 4.79 Å². The number of rotatable bonds is 8. The molecule has 0 spiro atoms. The third kappa shape index (κ3) is 4.66. The minimum absolute atomic E-state index is 0.0232. The fourth-order valence-electron chi connectivity index (χ4n) is 3.29. The van der Waals surface area contributed by atoms with Crippen LogP contribution < -0.4 is 4.74 Å². The molecule has 0 aliphatic carbocycles. The Kier molecular flexibility index (Phi) is 6.03. The largest absolute Gasteiger partial charge is 0.486 e. The summed E-state index contributed by atoms with van der Waals surface area (Å²) in [4.78, 5) is 23.7. The number of hydrogen-bond donors (Lipinski definition) is 0. The minimum Gasteiger partial charge on any atom is -0.486 e. The molecule has 4 rings (SSSR count). The van der Waals surface area contributed by atoms with Gasteiger partial charge in [0.15, 0.2) is 0 Å². The lowest BCUT2D eigenvalue weighted by Gasteiger charge is -2.18. The van der Waals surface area contributed by atoms with Crippen molar-refractivity contribution in [3.63, 3.8) is 0 Å². The molecule has 6 heteroatoms. The van der Waals surface area contributed by atoms with Crippen LogP contribution in [0.3, 0.4) is 0 Å². The summed E-state index contributed by atoms with van der Waals surface area (Å²) in [7, 11) is 1.82. The van der Waals surface area contributed by atoms with Crippen LogP contribution in [-0.2, 0) is 24.4 Å². The molecular weight excluding hydrogens is 376 g/mol. The van der Waals surface area contributed by atoms with Crippen molar-refractivity contribution in [2.75, 3.05) is 13.6 Å². The van der Waals surface area contributed by atoms with E-state index in [1.165, 1.54) is 0 Å². The van der Waals surface area contributed by atoms with Gasteiger partial charge in [0.2, 0.25) is 5.91 Å².